The van der Waals surface area contributed by atoms with Crippen LogP contribution in [0.3, 0.4) is 0 Å². The van der Waals surface area contributed by atoms with Crippen molar-refractivity contribution in [3.05, 3.63) is 61.9 Å². The molecule has 8 nitrogen and oxygen atoms in total. The molecule has 37 heavy (non-hydrogen) atoms. The standard InChI is InChI=1S/C26H25BrClN3O5S/c1-16-5-7-18(13-20(16)28)29-23(32)15-36-21-8-6-17(11-19(21)27)12-22-25(34)31(26(35)37-22)14-24(33)30-9-3-2-4-10-30/h5-8,11-13H,2-4,9-10,14-15H2,1H3,(H,29,32)/b22-12-. The van der Waals surface area contributed by atoms with Gasteiger partial charge in [-0.2, -0.15) is 0 Å². The van der Waals surface area contributed by atoms with E-state index in [1.54, 1.807) is 41.3 Å². The molecule has 194 valence electrons. The highest BCUT2D eigenvalue weighted by Gasteiger charge is 2.37. The molecule has 1 N–H and O–H groups in total. The molecule has 2 aromatic carbocycles. The van der Waals surface area contributed by atoms with Gasteiger partial charge in [0.15, 0.2) is 6.61 Å². The van der Waals surface area contributed by atoms with E-state index in [1.165, 1.54) is 0 Å². The largest absolute Gasteiger partial charge is 0.483 e. The fourth-order valence-corrected chi connectivity index (χ4v) is 5.43. The Morgan fingerprint density at radius 2 is 1.89 bits per heavy atom. The summed E-state index contributed by atoms with van der Waals surface area (Å²) in [5, 5.41) is 2.83. The van der Waals surface area contributed by atoms with Crippen molar-refractivity contribution in [3.63, 3.8) is 0 Å². The number of imide groups is 1. The van der Waals surface area contributed by atoms with Crippen LogP contribution < -0.4 is 10.1 Å². The van der Waals surface area contributed by atoms with E-state index >= 15 is 0 Å². The summed E-state index contributed by atoms with van der Waals surface area (Å²) in [6, 6.07) is 10.3. The lowest BCUT2D eigenvalue weighted by atomic mass is 10.1. The minimum absolute atomic E-state index is 0.206. The van der Waals surface area contributed by atoms with Gasteiger partial charge in [0.2, 0.25) is 5.91 Å². The Kier molecular flexibility index (Phi) is 8.94. The first kappa shape index (κ1) is 27.2. The molecule has 0 aliphatic carbocycles. The Hall–Kier alpha value is -2.82. The molecule has 0 atom stereocenters. The summed E-state index contributed by atoms with van der Waals surface area (Å²) in [6.45, 7) is 2.74. The van der Waals surface area contributed by atoms with Crippen LogP contribution in [0.1, 0.15) is 30.4 Å². The van der Waals surface area contributed by atoms with Gasteiger partial charge in [-0.3, -0.25) is 24.1 Å². The van der Waals surface area contributed by atoms with Crippen LogP contribution in [-0.4, -0.2) is 59.0 Å². The molecule has 11 heteroatoms. The van der Waals surface area contributed by atoms with Gasteiger partial charge < -0.3 is 15.0 Å². The normalized spacial score (nSPS) is 16.9. The van der Waals surface area contributed by atoms with Crippen LogP contribution in [0, 0.1) is 6.92 Å². The maximum atomic E-state index is 12.8. The predicted octanol–water partition coefficient (Wildman–Crippen LogP) is 5.48. The number of nitrogens with zero attached hydrogens (tertiary/aromatic N) is 2. The fraction of sp³-hybridized carbons (Fsp3) is 0.308. The molecule has 0 aromatic heterocycles. The lowest BCUT2D eigenvalue weighted by Crippen LogP contribution is -2.44. The molecule has 4 rings (SSSR count). The van der Waals surface area contributed by atoms with Crippen molar-refractivity contribution in [1.29, 1.82) is 0 Å². The summed E-state index contributed by atoms with van der Waals surface area (Å²) in [7, 11) is 0. The second-order valence-corrected chi connectivity index (χ2v) is 11.0. The third-order valence-corrected chi connectivity index (χ3v) is 7.88. The zero-order chi connectivity index (χ0) is 26.5. The summed E-state index contributed by atoms with van der Waals surface area (Å²) in [5.74, 6) is -0.593. The number of thioether (sulfide) groups is 1. The van der Waals surface area contributed by atoms with Crippen LogP contribution in [0.5, 0.6) is 5.75 Å². The quantitative estimate of drug-likeness (QED) is 0.420. The number of anilines is 1. The number of nitrogens with one attached hydrogen (secondary N) is 1. The summed E-state index contributed by atoms with van der Waals surface area (Å²) >= 11 is 10.3. The highest BCUT2D eigenvalue weighted by molar-refractivity contribution is 9.10. The number of hydrogen-bond acceptors (Lipinski definition) is 6. The number of piperidine rings is 1. The van der Waals surface area contributed by atoms with Crippen LogP contribution >= 0.6 is 39.3 Å². The molecule has 2 fully saturated rings. The van der Waals surface area contributed by atoms with Crippen LogP contribution in [0.2, 0.25) is 5.02 Å². The van der Waals surface area contributed by atoms with Gasteiger partial charge in [-0.15, -0.1) is 0 Å². The van der Waals surface area contributed by atoms with Crippen molar-refractivity contribution in [3.8, 4) is 5.75 Å². The molecule has 2 saturated heterocycles. The van der Waals surface area contributed by atoms with E-state index < -0.39 is 11.1 Å². The van der Waals surface area contributed by atoms with Crippen LogP contribution in [-0.2, 0) is 14.4 Å². The number of hydrogen-bond donors (Lipinski definition) is 1. The third-order valence-electron chi connectivity index (χ3n) is 5.94. The molecule has 2 aliphatic heterocycles. The van der Waals surface area contributed by atoms with E-state index in [4.69, 9.17) is 16.3 Å². The van der Waals surface area contributed by atoms with Gasteiger partial charge in [-0.05, 0) is 95.3 Å². The fourth-order valence-electron chi connectivity index (χ4n) is 3.90. The smallest absolute Gasteiger partial charge is 0.294 e. The van der Waals surface area contributed by atoms with Crippen molar-refractivity contribution in [1.82, 2.24) is 9.80 Å². The van der Waals surface area contributed by atoms with Crippen molar-refractivity contribution < 1.29 is 23.9 Å². The molecule has 2 aromatic rings. The second kappa shape index (κ2) is 12.1. The lowest BCUT2D eigenvalue weighted by Gasteiger charge is -2.27. The Bertz CT molecular complexity index is 1280. The SMILES string of the molecule is Cc1ccc(NC(=O)COc2ccc(/C=C3\SC(=O)N(CC(=O)N4CCCCC4)C3=O)cc2Br)cc1Cl. The topological polar surface area (TPSA) is 96.0 Å². The van der Waals surface area contributed by atoms with E-state index in [1.807, 2.05) is 13.0 Å². The minimum Gasteiger partial charge on any atom is -0.483 e. The van der Waals surface area contributed by atoms with E-state index in [9.17, 15) is 19.2 Å². The average molecular weight is 607 g/mol. The highest BCUT2D eigenvalue weighted by atomic mass is 79.9. The Labute approximate surface area is 232 Å². The van der Waals surface area contributed by atoms with Gasteiger partial charge in [-0.1, -0.05) is 23.7 Å². The number of aryl methyl sites for hydroxylation is 1. The van der Waals surface area contributed by atoms with Gasteiger partial charge in [0.25, 0.3) is 17.1 Å². The van der Waals surface area contributed by atoms with Crippen molar-refractivity contribution >= 4 is 74.0 Å². The highest BCUT2D eigenvalue weighted by Crippen LogP contribution is 2.34. The summed E-state index contributed by atoms with van der Waals surface area (Å²) in [6.07, 6.45) is 4.56. The van der Waals surface area contributed by atoms with E-state index in [2.05, 4.69) is 21.2 Å². The number of amides is 4. The molecule has 0 unspecified atom stereocenters. The van der Waals surface area contributed by atoms with E-state index in [0.717, 1.165) is 41.5 Å². The lowest BCUT2D eigenvalue weighted by molar-refractivity contribution is -0.136. The number of benzene rings is 2. The third kappa shape index (κ3) is 6.94. The molecule has 0 spiro atoms. The van der Waals surface area contributed by atoms with Crippen LogP contribution in [0.25, 0.3) is 6.08 Å². The van der Waals surface area contributed by atoms with Gasteiger partial charge in [-0.25, -0.2) is 0 Å². The van der Waals surface area contributed by atoms with E-state index in [-0.39, 0.29) is 29.9 Å². The number of ether oxygens (including phenoxy) is 1. The monoisotopic (exact) mass is 605 g/mol. The van der Waals surface area contributed by atoms with Crippen molar-refractivity contribution in [2.75, 3.05) is 31.6 Å². The van der Waals surface area contributed by atoms with Crippen molar-refractivity contribution in [2.45, 2.75) is 26.2 Å². The number of likely N-dealkylation sites (tertiary alicyclic amines) is 1. The molecule has 0 saturated carbocycles. The summed E-state index contributed by atoms with van der Waals surface area (Å²) < 4.78 is 6.19. The maximum absolute atomic E-state index is 12.8. The number of halogens is 2. The predicted molar refractivity (Wildman–Crippen MR) is 148 cm³/mol. The minimum atomic E-state index is -0.482. The maximum Gasteiger partial charge on any atom is 0.294 e. The zero-order valence-electron chi connectivity index (χ0n) is 20.1. The molecule has 4 amide bonds. The second-order valence-electron chi connectivity index (χ2n) is 8.70. The average Bonchev–Trinajstić information content (AvgIpc) is 3.13. The van der Waals surface area contributed by atoms with E-state index in [0.29, 0.717) is 39.6 Å². The van der Waals surface area contributed by atoms with Gasteiger partial charge >= 0.3 is 0 Å². The number of rotatable bonds is 7. The number of carbonyl (C=O) groups is 4. The van der Waals surface area contributed by atoms with Crippen LogP contribution in [0.4, 0.5) is 10.5 Å². The van der Waals surface area contributed by atoms with Crippen LogP contribution in [0.15, 0.2) is 45.8 Å². The first-order chi connectivity index (χ1) is 17.7. The van der Waals surface area contributed by atoms with Gasteiger partial charge in [0.1, 0.15) is 12.3 Å². The molecule has 2 heterocycles. The van der Waals surface area contributed by atoms with Gasteiger partial charge in [0, 0.05) is 23.8 Å². The molecule has 0 bridgehead atoms. The Balaban J connectivity index is 1.34. The van der Waals surface area contributed by atoms with Crippen molar-refractivity contribution in [2.24, 2.45) is 0 Å². The summed E-state index contributed by atoms with van der Waals surface area (Å²) in [4.78, 5) is 53.0. The molecular formula is C26H25BrClN3O5S. The molecular weight excluding hydrogens is 582 g/mol. The first-order valence-corrected chi connectivity index (χ1v) is 13.7. The molecule has 2 aliphatic rings. The summed E-state index contributed by atoms with van der Waals surface area (Å²) in [5.41, 5.74) is 2.15. The number of carbonyl (C=O) groups excluding carboxylic acids is 4. The Morgan fingerprint density at radius 3 is 2.59 bits per heavy atom. The first-order valence-electron chi connectivity index (χ1n) is 11.7. The molecule has 0 radical (unpaired) electrons. The zero-order valence-corrected chi connectivity index (χ0v) is 23.2. The van der Waals surface area contributed by atoms with Gasteiger partial charge in [0.05, 0.1) is 9.38 Å². The Morgan fingerprint density at radius 1 is 1.14 bits per heavy atom.